The molecule has 4 nitrogen and oxygen atoms in total. The molecular weight excluding hydrogens is 446 g/mol. The van der Waals surface area contributed by atoms with Gasteiger partial charge >= 0.3 is 0 Å². The summed E-state index contributed by atoms with van der Waals surface area (Å²) in [5.74, 6) is 1.34. The lowest BCUT2D eigenvalue weighted by molar-refractivity contribution is -0.122. The molecule has 1 aliphatic carbocycles. The van der Waals surface area contributed by atoms with Gasteiger partial charge in [0.15, 0.2) is 0 Å². The predicted octanol–water partition coefficient (Wildman–Crippen LogP) is 6.42. The first-order valence-corrected chi connectivity index (χ1v) is 12.4. The highest BCUT2D eigenvalue weighted by Crippen LogP contribution is 2.43. The summed E-state index contributed by atoms with van der Waals surface area (Å²) in [6.45, 7) is 0. The maximum atomic E-state index is 14.1. The van der Waals surface area contributed by atoms with E-state index in [1.165, 1.54) is 11.1 Å². The highest BCUT2D eigenvalue weighted by Gasteiger charge is 2.34. The van der Waals surface area contributed by atoms with Crippen molar-refractivity contribution in [1.82, 2.24) is 5.32 Å². The van der Waals surface area contributed by atoms with Crippen molar-refractivity contribution >= 4 is 5.91 Å². The summed E-state index contributed by atoms with van der Waals surface area (Å²) in [6.07, 6.45) is 1.89. The van der Waals surface area contributed by atoms with Gasteiger partial charge in [-0.15, -0.1) is 0 Å². The molecule has 0 bridgehead atoms. The largest absolute Gasteiger partial charge is 0.497 e. The van der Waals surface area contributed by atoms with Crippen LogP contribution in [-0.4, -0.2) is 20.1 Å². The fourth-order valence-electron chi connectivity index (χ4n) is 5.32. The number of rotatable bonds is 7. The van der Waals surface area contributed by atoms with Gasteiger partial charge in [0.1, 0.15) is 11.5 Å². The van der Waals surface area contributed by atoms with E-state index in [9.17, 15) is 4.79 Å². The van der Waals surface area contributed by atoms with Crippen LogP contribution >= 0.6 is 0 Å². The number of benzene rings is 4. The van der Waals surface area contributed by atoms with Gasteiger partial charge in [-0.2, -0.15) is 0 Å². The number of hydrogen-bond donors (Lipinski definition) is 1. The second-order valence-corrected chi connectivity index (χ2v) is 9.22. The summed E-state index contributed by atoms with van der Waals surface area (Å²) in [6, 6.07) is 34.2. The van der Waals surface area contributed by atoms with Gasteiger partial charge in [0.25, 0.3) is 0 Å². The van der Waals surface area contributed by atoms with E-state index in [4.69, 9.17) is 9.47 Å². The van der Waals surface area contributed by atoms with Gasteiger partial charge in [-0.05, 0) is 64.9 Å². The number of aryl methyl sites for hydroxylation is 1. The summed E-state index contributed by atoms with van der Waals surface area (Å²) in [7, 11) is 3.36. The number of carbonyl (C=O) groups excluding carboxylic acids is 1. The molecular formula is C32H31NO3. The maximum Gasteiger partial charge on any atom is 0.232 e. The van der Waals surface area contributed by atoms with Gasteiger partial charge in [0, 0.05) is 5.92 Å². The molecule has 5 rings (SSSR count). The van der Waals surface area contributed by atoms with E-state index in [-0.39, 0.29) is 17.9 Å². The number of nitrogens with one attached hydrogen (secondary N) is 1. The first-order chi connectivity index (χ1) is 17.7. The van der Waals surface area contributed by atoms with Crippen molar-refractivity contribution in [3.63, 3.8) is 0 Å². The van der Waals surface area contributed by atoms with Crippen molar-refractivity contribution in [2.45, 2.75) is 30.7 Å². The van der Waals surface area contributed by atoms with E-state index in [0.717, 1.165) is 41.0 Å². The number of fused-ring (bicyclic) bond motifs is 1. The molecule has 182 valence electrons. The van der Waals surface area contributed by atoms with Crippen molar-refractivity contribution < 1.29 is 14.3 Å². The second-order valence-electron chi connectivity index (χ2n) is 9.22. The molecule has 0 heterocycles. The summed E-state index contributed by atoms with van der Waals surface area (Å²) < 4.78 is 10.9. The minimum Gasteiger partial charge on any atom is -0.497 e. The Balaban J connectivity index is 1.55. The molecule has 2 atom stereocenters. The molecule has 1 N–H and O–H groups in total. The lowest BCUT2D eigenvalue weighted by atomic mass is 9.75. The smallest absolute Gasteiger partial charge is 0.232 e. The van der Waals surface area contributed by atoms with Gasteiger partial charge in [-0.25, -0.2) is 0 Å². The van der Waals surface area contributed by atoms with Crippen molar-refractivity contribution in [3.05, 3.63) is 131 Å². The van der Waals surface area contributed by atoms with Crippen molar-refractivity contribution in [2.24, 2.45) is 0 Å². The van der Waals surface area contributed by atoms with Crippen LogP contribution in [0.5, 0.6) is 11.5 Å². The second kappa shape index (κ2) is 10.7. The topological polar surface area (TPSA) is 47.6 Å². The molecule has 0 saturated carbocycles. The average Bonchev–Trinajstić information content (AvgIpc) is 2.94. The third-order valence-electron chi connectivity index (χ3n) is 7.18. The Morgan fingerprint density at radius 2 is 1.36 bits per heavy atom. The first-order valence-electron chi connectivity index (χ1n) is 12.4. The van der Waals surface area contributed by atoms with Gasteiger partial charge in [0.05, 0.1) is 26.2 Å². The van der Waals surface area contributed by atoms with Gasteiger partial charge in [-0.3, -0.25) is 4.79 Å². The Morgan fingerprint density at radius 1 is 0.778 bits per heavy atom. The SMILES string of the molecule is COc1ccc([C@@H]2CCc3ccc(OC)cc3[C@@H]2NC(=O)C(c2ccccc2)c2ccccc2)cc1. The third kappa shape index (κ3) is 4.85. The number of ether oxygens (including phenoxy) is 2. The molecule has 0 aromatic heterocycles. The Morgan fingerprint density at radius 3 is 1.94 bits per heavy atom. The molecule has 36 heavy (non-hydrogen) atoms. The van der Waals surface area contributed by atoms with Crippen molar-refractivity contribution in [1.29, 1.82) is 0 Å². The fraction of sp³-hybridized carbons (Fsp3) is 0.219. The van der Waals surface area contributed by atoms with Crippen LogP contribution in [0.25, 0.3) is 0 Å². The fourth-order valence-corrected chi connectivity index (χ4v) is 5.32. The molecule has 4 aromatic rings. The van der Waals surface area contributed by atoms with Crippen LogP contribution in [-0.2, 0) is 11.2 Å². The normalized spacial score (nSPS) is 16.8. The summed E-state index contributed by atoms with van der Waals surface area (Å²) in [4.78, 5) is 14.1. The van der Waals surface area contributed by atoms with Gasteiger partial charge in [-0.1, -0.05) is 78.9 Å². The zero-order chi connectivity index (χ0) is 24.9. The highest BCUT2D eigenvalue weighted by atomic mass is 16.5. The molecule has 0 unspecified atom stereocenters. The molecule has 0 aliphatic heterocycles. The molecule has 1 aliphatic rings. The Bertz CT molecular complexity index is 1260. The van der Waals surface area contributed by atoms with Crippen LogP contribution in [0.15, 0.2) is 103 Å². The monoisotopic (exact) mass is 477 g/mol. The molecule has 0 saturated heterocycles. The third-order valence-corrected chi connectivity index (χ3v) is 7.18. The minimum absolute atomic E-state index is 0.00779. The van der Waals surface area contributed by atoms with Crippen LogP contribution < -0.4 is 14.8 Å². The average molecular weight is 478 g/mol. The van der Waals surface area contributed by atoms with E-state index in [0.29, 0.717) is 0 Å². The number of carbonyl (C=O) groups is 1. The van der Waals surface area contributed by atoms with Crippen LogP contribution in [0, 0.1) is 0 Å². The Labute approximate surface area is 212 Å². The lowest BCUT2D eigenvalue weighted by Gasteiger charge is -2.36. The molecule has 4 heteroatoms. The van der Waals surface area contributed by atoms with E-state index in [1.807, 2.05) is 78.9 Å². The number of amides is 1. The van der Waals surface area contributed by atoms with Crippen molar-refractivity contribution in [3.8, 4) is 11.5 Å². The van der Waals surface area contributed by atoms with Gasteiger partial charge < -0.3 is 14.8 Å². The maximum absolute atomic E-state index is 14.1. The zero-order valence-electron chi connectivity index (χ0n) is 20.7. The van der Waals surface area contributed by atoms with E-state index in [1.54, 1.807) is 14.2 Å². The highest BCUT2D eigenvalue weighted by molar-refractivity contribution is 5.87. The van der Waals surface area contributed by atoms with E-state index >= 15 is 0 Å². The number of methoxy groups -OCH3 is 2. The predicted molar refractivity (Wildman–Crippen MR) is 143 cm³/mol. The van der Waals surface area contributed by atoms with Crippen molar-refractivity contribution in [2.75, 3.05) is 14.2 Å². The standard InChI is InChI=1S/C32H31NO3/c1-35-26-17-13-22(14-18-26)28-20-16-23-15-19-27(36-2)21-29(23)31(28)33-32(34)30(24-9-5-3-6-10-24)25-11-7-4-8-12-25/h3-15,17-19,21,28,30-31H,16,20H2,1-2H3,(H,33,34)/t28-,31+/m0/s1. The summed E-state index contributed by atoms with van der Waals surface area (Å²) in [5, 5.41) is 3.47. The van der Waals surface area contributed by atoms with E-state index in [2.05, 4.69) is 29.6 Å². The quantitative estimate of drug-likeness (QED) is 0.334. The number of hydrogen-bond acceptors (Lipinski definition) is 3. The molecule has 4 aromatic carbocycles. The van der Waals surface area contributed by atoms with Crippen LogP contribution in [0.3, 0.4) is 0 Å². The van der Waals surface area contributed by atoms with E-state index < -0.39 is 5.92 Å². The Kier molecular flexibility index (Phi) is 7.03. The first kappa shape index (κ1) is 23.7. The van der Waals surface area contributed by atoms with Crippen LogP contribution in [0.4, 0.5) is 0 Å². The molecule has 0 spiro atoms. The molecule has 0 radical (unpaired) electrons. The van der Waals surface area contributed by atoms with Crippen LogP contribution in [0.2, 0.25) is 0 Å². The molecule has 0 fully saturated rings. The molecule has 1 amide bonds. The Hall–Kier alpha value is -4.05. The summed E-state index contributed by atoms with van der Waals surface area (Å²) in [5.41, 5.74) is 5.51. The minimum atomic E-state index is -0.403. The lowest BCUT2D eigenvalue weighted by Crippen LogP contribution is -2.38. The van der Waals surface area contributed by atoms with Gasteiger partial charge in [0.2, 0.25) is 5.91 Å². The zero-order valence-corrected chi connectivity index (χ0v) is 20.7. The van der Waals surface area contributed by atoms with Crippen LogP contribution in [0.1, 0.15) is 52.1 Å². The summed E-state index contributed by atoms with van der Waals surface area (Å²) >= 11 is 0.